The second kappa shape index (κ2) is 11.5. The van der Waals surface area contributed by atoms with Gasteiger partial charge < -0.3 is 18.9 Å². The molecule has 1 N–H and O–H groups in total. The molecule has 1 unspecified atom stereocenters. The summed E-state index contributed by atoms with van der Waals surface area (Å²) in [4.78, 5) is 35.5. The molecule has 9 heteroatoms. The van der Waals surface area contributed by atoms with Crippen LogP contribution < -0.4 is 14.8 Å². The van der Waals surface area contributed by atoms with Crippen molar-refractivity contribution in [3.8, 4) is 11.5 Å². The number of amides is 2. The molecule has 1 aliphatic heterocycles. The maximum absolute atomic E-state index is 12.5. The van der Waals surface area contributed by atoms with Crippen molar-refractivity contribution in [2.45, 2.75) is 11.7 Å². The number of ether oxygens (including phenoxy) is 4. The molecule has 3 rings (SSSR count). The molecule has 0 radical (unpaired) electrons. The monoisotopic (exact) mass is 457 g/mol. The third-order valence-electron chi connectivity index (χ3n) is 4.49. The van der Waals surface area contributed by atoms with Crippen molar-refractivity contribution in [2.24, 2.45) is 0 Å². The lowest BCUT2D eigenvalue weighted by Crippen LogP contribution is -2.25. The number of thioether (sulfide) groups is 1. The van der Waals surface area contributed by atoms with Crippen LogP contribution >= 0.6 is 11.8 Å². The molecule has 1 heterocycles. The van der Waals surface area contributed by atoms with Crippen LogP contribution in [0.4, 0.5) is 4.79 Å². The summed E-state index contributed by atoms with van der Waals surface area (Å²) >= 11 is 0.984. The summed E-state index contributed by atoms with van der Waals surface area (Å²) in [5.74, 6) is 0.517. The number of carbonyl (C=O) groups excluding carboxylic acids is 3. The van der Waals surface area contributed by atoms with Crippen LogP contribution in [-0.4, -0.2) is 50.0 Å². The van der Waals surface area contributed by atoms with Crippen molar-refractivity contribution in [2.75, 3.05) is 27.8 Å². The van der Waals surface area contributed by atoms with E-state index in [1.54, 1.807) is 48.5 Å². The van der Waals surface area contributed by atoms with E-state index in [0.717, 1.165) is 22.9 Å². The molecule has 0 bridgehead atoms. The van der Waals surface area contributed by atoms with Gasteiger partial charge in [0.2, 0.25) is 5.91 Å². The first-order chi connectivity index (χ1) is 15.5. The van der Waals surface area contributed by atoms with Crippen LogP contribution in [0.2, 0.25) is 0 Å². The number of hydrogen-bond acceptors (Lipinski definition) is 8. The quantitative estimate of drug-likeness (QED) is 0.311. The number of hydrogen-bond donors (Lipinski definition) is 1. The van der Waals surface area contributed by atoms with Gasteiger partial charge in [-0.25, -0.2) is 0 Å². The molecule has 168 valence electrons. The molecule has 0 spiro atoms. The number of ketones is 1. The van der Waals surface area contributed by atoms with Gasteiger partial charge >= 0.3 is 0 Å². The minimum atomic E-state index is -0.436. The highest BCUT2D eigenvalue weighted by atomic mass is 32.2. The predicted molar refractivity (Wildman–Crippen MR) is 120 cm³/mol. The number of rotatable bonds is 11. The van der Waals surface area contributed by atoms with E-state index in [0.29, 0.717) is 23.5 Å². The van der Waals surface area contributed by atoms with Gasteiger partial charge in [0.05, 0.1) is 5.25 Å². The third-order valence-corrected chi connectivity index (χ3v) is 5.47. The van der Waals surface area contributed by atoms with Gasteiger partial charge in [0, 0.05) is 19.8 Å². The second-order valence-electron chi connectivity index (χ2n) is 6.79. The zero-order chi connectivity index (χ0) is 22.9. The molecule has 0 aliphatic carbocycles. The molecule has 0 saturated carbocycles. The summed E-state index contributed by atoms with van der Waals surface area (Å²) in [6.07, 6.45) is 3.58. The first-order valence-electron chi connectivity index (χ1n) is 9.70. The molecular weight excluding hydrogens is 434 g/mol. The molecule has 1 aliphatic rings. The summed E-state index contributed by atoms with van der Waals surface area (Å²) in [6, 6.07) is 12.2. The maximum Gasteiger partial charge on any atom is 0.286 e. The number of methoxy groups -OCH3 is 2. The largest absolute Gasteiger partial charge is 0.464 e. The van der Waals surface area contributed by atoms with Crippen LogP contribution in [-0.2, 0) is 20.7 Å². The zero-order valence-corrected chi connectivity index (χ0v) is 18.5. The van der Waals surface area contributed by atoms with Gasteiger partial charge in [0.1, 0.15) is 0 Å². The van der Waals surface area contributed by atoms with E-state index in [-0.39, 0.29) is 30.5 Å². The van der Waals surface area contributed by atoms with Crippen molar-refractivity contribution >= 4 is 34.8 Å². The van der Waals surface area contributed by atoms with E-state index in [1.807, 2.05) is 0 Å². The van der Waals surface area contributed by atoms with Crippen LogP contribution in [0.1, 0.15) is 21.5 Å². The second-order valence-corrected chi connectivity index (χ2v) is 7.97. The first-order valence-corrected chi connectivity index (χ1v) is 10.6. The fourth-order valence-corrected chi connectivity index (χ4v) is 3.78. The van der Waals surface area contributed by atoms with E-state index in [1.165, 1.54) is 20.3 Å². The number of nitrogens with one attached hydrogen (secondary N) is 1. The van der Waals surface area contributed by atoms with Gasteiger partial charge in [-0.15, -0.1) is 0 Å². The number of imide groups is 1. The summed E-state index contributed by atoms with van der Waals surface area (Å²) < 4.78 is 20.8. The molecule has 2 aromatic carbocycles. The normalized spacial score (nSPS) is 15.8. The molecule has 2 amide bonds. The van der Waals surface area contributed by atoms with Crippen LogP contribution in [0.5, 0.6) is 11.5 Å². The fourth-order valence-electron chi connectivity index (χ4n) is 2.92. The molecule has 1 fully saturated rings. The van der Waals surface area contributed by atoms with Crippen molar-refractivity contribution in [3.05, 3.63) is 65.2 Å². The number of carbonyl (C=O) groups is 3. The Labute approximate surface area is 189 Å². The standard InChI is InChI=1S/C23H23NO7S/c1-28-13-30-19-10-6-15(11-20(19)31-14-29-2)5-9-18(25)17-7-3-16(4-8-17)12-21-22(26)24-23(27)32-21/h3-11,21H,12-14H2,1-2H3,(H,24,26,27)/b9-5+. The van der Waals surface area contributed by atoms with Crippen LogP contribution in [0.3, 0.4) is 0 Å². The Morgan fingerprint density at radius 2 is 1.69 bits per heavy atom. The minimum absolute atomic E-state index is 0.0526. The average Bonchev–Trinajstić information content (AvgIpc) is 3.11. The Bertz CT molecular complexity index is 1000. The maximum atomic E-state index is 12.5. The lowest BCUT2D eigenvalue weighted by atomic mass is 10.0. The van der Waals surface area contributed by atoms with Crippen molar-refractivity contribution in [3.63, 3.8) is 0 Å². The first kappa shape index (κ1) is 23.5. The molecule has 32 heavy (non-hydrogen) atoms. The highest BCUT2D eigenvalue weighted by molar-refractivity contribution is 8.15. The number of benzene rings is 2. The summed E-state index contributed by atoms with van der Waals surface area (Å²) in [5.41, 5.74) is 2.14. The van der Waals surface area contributed by atoms with E-state index in [9.17, 15) is 14.4 Å². The molecule has 0 aromatic heterocycles. The smallest absolute Gasteiger partial charge is 0.286 e. The van der Waals surface area contributed by atoms with Gasteiger partial charge in [-0.2, -0.15) is 0 Å². The molecular formula is C23H23NO7S. The van der Waals surface area contributed by atoms with Crippen LogP contribution in [0.15, 0.2) is 48.5 Å². The Kier molecular flexibility index (Phi) is 8.43. The molecule has 1 saturated heterocycles. The van der Waals surface area contributed by atoms with Gasteiger partial charge in [-0.1, -0.05) is 48.2 Å². The Hall–Kier alpha value is -3.14. The molecule has 8 nitrogen and oxygen atoms in total. The highest BCUT2D eigenvalue weighted by Gasteiger charge is 2.31. The Balaban J connectivity index is 1.65. The molecule has 2 aromatic rings. The van der Waals surface area contributed by atoms with Gasteiger partial charge in [-0.05, 0) is 35.8 Å². The van der Waals surface area contributed by atoms with Gasteiger partial charge in [0.25, 0.3) is 5.24 Å². The van der Waals surface area contributed by atoms with E-state index >= 15 is 0 Å². The SMILES string of the molecule is COCOc1ccc(/C=C/C(=O)c2ccc(CC3SC(=O)NC3=O)cc2)cc1OCOC. The average molecular weight is 458 g/mol. The van der Waals surface area contributed by atoms with Crippen LogP contribution in [0, 0.1) is 0 Å². The van der Waals surface area contributed by atoms with E-state index < -0.39 is 5.25 Å². The van der Waals surface area contributed by atoms with Gasteiger partial charge in [-0.3, -0.25) is 19.7 Å². The minimum Gasteiger partial charge on any atom is -0.464 e. The zero-order valence-electron chi connectivity index (χ0n) is 17.7. The lowest BCUT2D eigenvalue weighted by Gasteiger charge is -2.12. The Morgan fingerprint density at radius 3 is 2.31 bits per heavy atom. The summed E-state index contributed by atoms with van der Waals surface area (Å²) in [5, 5.41) is 1.51. The lowest BCUT2D eigenvalue weighted by molar-refractivity contribution is -0.118. The van der Waals surface area contributed by atoms with Crippen molar-refractivity contribution in [1.29, 1.82) is 0 Å². The van der Waals surface area contributed by atoms with Crippen molar-refractivity contribution in [1.82, 2.24) is 5.32 Å². The summed E-state index contributed by atoms with van der Waals surface area (Å²) in [7, 11) is 3.04. The topological polar surface area (TPSA) is 100 Å². The number of allylic oxidation sites excluding steroid dienone is 1. The predicted octanol–water partition coefficient (Wildman–Crippen LogP) is 3.44. The van der Waals surface area contributed by atoms with E-state index in [2.05, 4.69) is 5.32 Å². The third kappa shape index (κ3) is 6.43. The fraction of sp³-hybridized carbons (Fsp3) is 0.261. The highest BCUT2D eigenvalue weighted by Crippen LogP contribution is 2.29. The summed E-state index contributed by atoms with van der Waals surface area (Å²) in [6.45, 7) is 0.129. The molecule has 1 atom stereocenters. The van der Waals surface area contributed by atoms with Crippen LogP contribution in [0.25, 0.3) is 6.08 Å². The van der Waals surface area contributed by atoms with E-state index in [4.69, 9.17) is 18.9 Å². The Morgan fingerprint density at radius 1 is 1.00 bits per heavy atom. The van der Waals surface area contributed by atoms with Gasteiger partial charge in [0.15, 0.2) is 30.9 Å². The van der Waals surface area contributed by atoms with Crippen molar-refractivity contribution < 1.29 is 33.3 Å².